The Morgan fingerprint density at radius 2 is 0.667 bits per heavy atom. The van der Waals surface area contributed by atoms with Gasteiger partial charge in [0.05, 0.1) is 0 Å². The van der Waals surface area contributed by atoms with E-state index < -0.39 is 0 Å². The highest BCUT2D eigenvalue weighted by molar-refractivity contribution is 6.27. The Morgan fingerprint density at radius 1 is 0.238 bits per heavy atom. The molecule has 292 valence electrons. The SMILES string of the molecule is CC1(C)c2ccccc2-c2ccc(-c3cc(-c4ccc5ccc6cccc7ccc4c5c67)ccc3-c3cc4ccccc4cc3-c3ccc4ccc5cccc6ccc3c4c56)cc21. The van der Waals surface area contributed by atoms with E-state index in [1.54, 1.807) is 0 Å². The van der Waals surface area contributed by atoms with Crippen LogP contribution >= 0.6 is 0 Å². The molecule has 0 aliphatic heterocycles. The highest BCUT2D eigenvalue weighted by Gasteiger charge is 2.35. The maximum absolute atomic E-state index is 2.50. The topological polar surface area (TPSA) is 0 Å². The summed E-state index contributed by atoms with van der Waals surface area (Å²) >= 11 is 0. The van der Waals surface area contributed by atoms with Gasteiger partial charge in [0.25, 0.3) is 0 Å². The number of benzene rings is 13. The molecule has 0 atom stereocenters. The molecule has 14 rings (SSSR count). The first-order chi connectivity index (χ1) is 31.0. The van der Waals surface area contributed by atoms with Gasteiger partial charge in [0.2, 0.25) is 0 Å². The molecule has 0 unspecified atom stereocenters. The molecule has 1 aliphatic carbocycles. The Hall–Kier alpha value is -7.80. The van der Waals surface area contributed by atoms with Crippen LogP contribution in [0, 0.1) is 0 Å². The van der Waals surface area contributed by atoms with Crippen molar-refractivity contribution >= 4 is 75.4 Å². The largest absolute Gasteiger partial charge is 0.0619 e. The van der Waals surface area contributed by atoms with Gasteiger partial charge in [-0.25, -0.2) is 0 Å². The fourth-order valence-corrected chi connectivity index (χ4v) is 11.7. The summed E-state index contributed by atoms with van der Waals surface area (Å²) < 4.78 is 0. The van der Waals surface area contributed by atoms with Crippen molar-refractivity contribution < 1.29 is 0 Å². The van der Waals surface area contributed by atoms with Gasteiger partial charge in [-0.2, -0.15) is 0 Å². The summed E-state index contributed by atoms with van der Waals surface area (Å²) in [6.45, 7) is 4.78. The van der Waals surface area contributed by atoms with Gasteiger partial charge in [0.15, 0.2) is 0 Å². The Morgan fingerprint density at radius 3 is 1.30 bits per heavy atom. The lowest BCUT2D eigenvalue weighted by atomic mass is 9.80. The molecule has 0 N–H and O–H groups in total. The summed E-state index contributed by atoms with van der Waals surface area (Å²) in [4.78, 5) is 0. The molecular formula is C63H40. The van der Waals surface area contributed by atoms with Gasteiger partial charge in [0, 0.05) is 5.41 Å². The van der Waals surface area contributed by atoms with Gasteiger partial charge >= 0.3 is 0 Å². The van der Waals surface area contributed by atoms with Gasteiger partial charge < -0.3 is 0 Å². The number of hydrogen-bond acceptors (Lipinski definition) is 0. The lowest BCUT2D eigenvalue weighted by molar-refractivity contribution is 0.660. The maximum atomic E-state index is 2.50. The zero-order chi connectivity index (χ0) is 41.6. The third-order valence-electron chi connectivity index (χ3n) is 14.7. The summed E-state index contributed by atoms with van der Waals surface area (Å²) in [5.74, 6) is 0. The molecule has 0 amide bonds. The molecule has 0 heteroatoms. The van der Waals surface area contributed by atoms with Crippen LogP contribution in [0.1, 0.15) is 25.0 Å². The summed E-state index contributed by atoms with van der Waals surface area (Å²) in [5, 5.41) is 18.1. The number of hydrogen-bond donors (Lipinski definition) is 0. The molecular weight excluding hydrogens is 757 g/mol. The Bertz CT molecular complexity index is 4020. The van der Waals surface area contributed by atoms with E-state index in [1.165, 1.54) is 142 Å². The minimum atomic E-state index is -0.123. The number of fused-ring (bicyclic) bond motifs is 4. The van der Waals surface area contributed by atoms with E-state index in [9.17, 15) is 0 Å². The molecule has 0 heterocycles. The van der Waals surface area contributed by atoms with E-state index in [0.29, 0.717) is 0 Å². The molecule has 0 spiro atoms. The molecule has 0 nitrogen and oxygen atoms in total. The molecule has 0 radical (unpaired) electrons. The lowest BCUT2D eigenvalue weighted by Gasteiger charge is -2.23. The van der Waals surface area contributed by atoms with Gasteiger partial charge in [-0.05, 0) is 166 Å². The minimum absolute atomic E-state index is 0.123. The van der Waals surface area contributed by atoms with Crippen LogP contribution in [0.3, 0.4) is 0 Å². The monoisotopic (exact) mass is 796 g/mol. The summed E-state index contributed by atoms with van der Waals surface area (Å²) in [6, 6.07) is 78.4. The first-order valence-corrected chi connectivity index (χ1v) is 22.2. The van der Waals surface area contributed by atoms with E-state index in [0.717, 1.165) is 0 Å². The van der Waals surface area contributed by atoms with Gasteiger partial charge in [-0.1, -0.05) is 196 Å². The van der Waals surface area contributed by atoms with Gasteiger partial charge in [-0.15, -0.1) is 0 Å². The average molecular weight is 797 g/mol. The summed E-state index contributed by atoms with van der Waals surface area (Å²) in [6.07, 6.45) is 0. The van der Waals surface area contributed by atoms with Crippen molar-refractivity contribution in [2.45, 2.75) is 19.3 Å². The molecule has 13 aromatic rings. The quantitative estimate of drug-likeness (QED) is 0.156. The molecule has 13 aromatic carbocycles. The molecule has 1 aliphatic rings. The Labute approximate surface area is 366 Å². The van der Waals surface area contributed by atoms with Crippen molar-refractivity contribution in [3.8, 4) is 55.6 Å². The Balaban J connectivity index is 1.06. The molecule has 0 bridgehead atoms. The van der Waals surface area contributed by atoms with E-state index in [2.05, 4.69) is 220 Å². The molecule has 0 saturated heterocycles. The van der Waals surface area contributed by atoms with Crippen molar-refractivity contribution in [2.24, 2.45) is 0 Å². The molecule has 0 saturated carbocycles. The van der Waals surface area contributed by atoms with Crippen molar-refractivity contribution in [1.82, 2.24) is 0 Å². The zero-order valence-electron chi connectivity index (χ0n) is 35.1. The highest BCUT2D eigenvalue weighted by Crippen LogP contribution is 2.52. The Kier molecular flexibility index (Phi) is 6.99. The third kappa shape index (κ3) is 4.87. The molecule has 63 heavy (non-hydrogen) atoms. The predicted molar refractivity (Wildman–Crippen MR) is 271 cm³/mol. The van der Waals surface area contributed by atoms with E-state index >= 15 is 0 Å². The maximum Gasteiger partial charge on any atom is 0.0159 e. The van der Waals surface area contributed by atoms with Crippen LogP contribution in [0.2, 0.25) is 0 Å². The smallest absolute Gasteiger partial charge is 0.0159 e. The van der Waals surface area contributed by atoms with Gasteiger partial charge in [-0.3, -0.25) is 0 Å². The van der Waals surface area contributed by atoms with Crippen molar-refractivity contribution in [3.05, 3.63) is 217 Å². The summed E-state index contributed by atoms with van der Waals surface area (Å²) in [5.41, 5.74) is 15.3. The van der Waals surface area contributed by atoms with E-state index in [-0.39, 0.29) is 5.41 Å². The average Bonchev–Trinajstić information content (AvgIpc) is 3.56. The van der Waals surface area contributed by atoms with Crippen molar-refractivity contribution in [1.29, 1.82) is 0 Å². The van der Waals surface area contributed by atoms with Crippen LogP contribution in [-0.2, 0) is 5.41 Å². The molecule has 0 fully saturated rings. The first-order valence-electron chi connectivity index (χ1n) is 22.2. The van der Waals surface area contributed by atoms with E-state index in [1.807, 2.05) is 0 Å². The van der Waals surface area contributed by atoms with Crippen LogP contribution in [0.4, 0.5) is 0 Å². The van der Waals surface area contributed by atoms with Crippen LogP contribution in [0.15, 0.2) is 206 Å². The minimum Gasteiger partial charge on any atom is -0.0619 e. The summed E-state index contributed by atoms with van der Waals surface area (Å²) in [7, 11) is 0. The predicted octanol–water partition coefficient (Wildman–Crippen LogP) is 17.6. The van der Waals surface area contributed by atoms with Crippen LogP contribution in [0.5, 0.6) is 0 Å². The fraction of sp³-hybridized carbons (Fsp3) is 0.0476. The third-order valence-corrected chi connectivity index (χ3v) is 14.7. The van der Waals surface area contributed by atoms with Crippen molar-refractivity contribution in [2.75, 3.05) is 0 Å². The fourth-order valence-electron chi connectivity index (χ4n) is 11.7. The highest BCUT2D eigenvalue weighted by atomic mass is 14.4. The van der Waals surface area contributed by atoms with Crippen LogP contribution in [0.25, 0.3) is 131 Å². The lowest BCUT2D eigenvalue weighted by Crippen LogP contribution is -2.14. The second kappa shape index (κ2) is 12.6. The number of rotatable bonds is 4. The molecule has 0 aromatic heterocycles. The van der Waals surface area contributed by atoms with Crippen LogP contribution in [-0.4, -0.2) is 0 Å². The standard InChI is InChI=1S/C63H40/c1-63(2)57-16-6-5-15-50(57)51-30-26-46(36-58(51)63)54-35-45(47-27-21-41-19-17-37-11-7-13-39-23-31-52(47)61(41)59(37)39)25-29-49(54)56-34-44-10-4-3-9-43(44)33-55(56)48-28-22-42-20-18-38-12-8-14-40-24-32-53(48)62(42)60(38)40/h3-36H,1-2H3. The first kappa shape index (κ1) is 34.9. The second-order valence-electron chi connectivity index (χ2n) is 18.4. The second-order valence-corrected chi connectivity index (χ2v) is 18.4. The normalized spacial score (nSPS) is 13.4. The van der Waals surface area contributed by atoms with Gasteiger partial charge in [0.1, 0.15) is 0 Å². The zero-order valence-corrected chi connectivity index (χ0v) is 35.1. The van der Waals surface area contributed by atoms with Crippen molar-refractivity contribution in [3.63, 3.8) is 0 Å². The van der Waals surface area contributed by atoms with E-state index in [4.69, 9.17) is 0 Å². The van der Waals surface area contributed by atoms with Crippen LogP contribution < -0.4 is 0 Å².